The van der Waals surface area contributed by atoms with Gasteiger partial charge in [-0.3, -0.25) is 15.0 Å². The minimum absolute atomic E-state index is 0.00318. The fourth-order valence-corrected chi connectivity index (χ4v) is 6.48. The van der Waals surface area contributed by atoms with Crippen LogP contribution in [0.4, 0.5) is 0 Å². The molecule has 11 nitrogen and oxygen atoms in total. The molecule has 0 aliphatic carbocycles. The lowest BCUT2D eigenvalue weighted by atomic mass is 9.98. The summed E-state index contributed by atoms with van der Waals surface area (Å²) in [5.41, 5.74) is 3.51. The number of amides is 2. The molecule has 0 bridgehead atoms. The van der Waals surface area contributed by atoms with Gasteiger partial charge in [-0.25, -0.2) is 13.4 Å². The Labute approximate surface area is 255 Å². The van der Waals surface area contributed by atoms with E-state index >= 15 is 0 Å². The van der Waals surface area contributed by atoms with Crippen LogP contribution in [0.25, 0.3) is 0 Å². The first-order valence-corrected chi connectivity index (χ1v) is 16.2. The van der Waals surface area contributed by atoms with Crippen LogP contribution >= 0.6 is 0 Å². The van der Waals surface area contributed by atoms with Gasteiger partial charge in [0.1, 0.15) is 0 Å². The zero-order valence-corrected chi connectivity index (χ0v) is 26.8. The molecule has 0 radical (unpaired) electrons. The van der Waals surface area contributed by atoms with Crippen molar-refractivity contribution in [2.24, 2.45) is 11.8 Å². The molecule has 4 atom stereocenters. The third kappa shape index (κ3) is 9.40. The van der Waals surface area contributed by atoms with Gasteiger partial charge in [-0.2, -0.15) is 4.31 Å². The smallest absolute Gasteiger partial charge is 0.252 e. The molecule has 238 valence electrons. The zero-order valence-electron chi connectivity index (χ0n) is 25.9. The number of fused-ring (bicyclic) bond motifs is 1. The van der Waals surface area contributed by atoms with Gasteiger partial charge in [0, 0.05) is 32.5 Å². The molecule has 1 aliphatic rings. The minimum Gasteiger partial charge on any atom is -0.451 e. The fourth-order valence-electron chi connectivity index (χ4n) is 4.84. The van der Waals surface area contributed by atoms with Crippen LogP contribution in [0, 0.1) is 11.8 Å². The van der Waals surface area contributed by atoms with E-state index in [-0.39, 0.29) is 55.1 Å². The first-order valence-electron chi connectivity index (χ1n) is 14.8. The number of hydrogen-bond acceptors (Lipinski definition) is 8. The number of ether oxygens (including phenoxy) is 2. The average molecular weight is 619 g/mol. The predicted molar refractivity (Wildman–Crippen MR) is 164 cm³/mol. The molecule has 0 saturated heterocycles. The summed E-state index contributed by atoms with van der Waals surface area (Å²) in [6.45, 7) is 9.17. The molecule has 3 rings (SSSR count). The van der Waals surface area contributed by atoms with Crippen molar-refractivity contribution in [2.75, 3.05) is 26.7 Å². The van der Waals surface area contributed by atoms with Crippen molar-refractivity contribution in [2.45, 2.75) is 77.2 Å². The van der Waals surface area contributed by atoms with E-state index in [0.717, 1.165) is 12.0 Å². The summed E-state index contributed by atoms with van der Waals surface area (Å²) in [6, 6.07) is 12.8. The van der Waals surface area contributed by atoms with Gasteiger partial charge in [-0.05, 0) is 43.0 Å². The molecule has 12 heteroatoms. The van der Waals surface area contributed by atoms with Gasteiger partial charge in [-0.1, -0.05) is 64.4 Å². The van der Waals surface area contributed by atoms with Gasteiger partial charge >= 0.3 is 0 Å². The molecule has 0 spiro atoms. The van der Waals surface area contributed by atoms with E-state index in [9.17, 15) is 23.1 Å². The Balaban J connectivity index is 2.00. The number of sulfonamides is 1. The van der Waals surface area contributed by atoms with E-state index in [2.05, 4.69) is 10.7 Å². The largest absolute Gasteiger partial charge is 0.451 e. The van der Waals surface area contributed by atoms with Gasteiger partial charge in [-0.15, -0.1) is 0 Å². The van der Waals surface area contributed by atoms with Crippen LogP contribution in [0.1, 0.15) is 53.0 Å². The van der Waals surface area contributed by atoms with E-state index in [1.165, 1.54) is 21.4 Å². The number of benzene rings is 2. The highest BCUT2D eigenvalue weighted by atomic mass is 32.2. The zero-order chi connectivity index (χ0) is 31.7. The van der Waals surface area contributed by atoms with Crippen LogP contribution in [0.5, 0.6) is 11.5 Å². The number of nitrogens with one attached hydrogen (secondary N) is 2. The number of aliphatic hydroxyl groups excluding tert-OH is 1. The Morgan fingerprint density at radius 1 is 1.02 bits per heavy atom. The van der Waals surface area contributed by atoms with Crippen molar-refractivity contribution in [3.05, 3.63) is 54.1 Å². The predicted octanol–water partition coefficient (Wildman–Crippen LogP) is 2.94. The number of rotatable bonds is 15. The Hall–Kier alpha value is -3.19. The molecule has 1 heterocycles. The van der Waals surface area contributed by atoms with E-state index in [0.29, 0.717) is 11.5 Å². The van der Waals surface area contributed by atoms with Crippen LogP contribution in [0.15, 0.2) is 53.4 Å². The lowest BCUT2D eigenvalue weighted by Crippen LogP contribution is -2.60. The normalized spacial score (nSPS) is 16.6. The Kier molecular flexibility index (Phi) is 12.4. The second kappa shape index (κ2) is 15.5. The number of hydrazine groups is 1. The van der Waals surface area contributed by atoms with Crippen LogP contribution in [-0.4, -0.2) is 79.8 Å². The first kappa shape index (κ1) is 34.3. The van der Waals surface area contributed by atoms with Crippen molar-refractivity contribution in [1.82, 2.24) is 20.1 Å². The summed E-state index contributed by atoms with van der Waals surface area (Å²) in [4.78, 5) is 26.4. The second-order valence-corrected chi connectivity index (χ2v) is 13.4. The van der Waals surface area contributed by atoms with Crippen molar-refractivity contribution >= 4 is 21.8 Å². The van der Waals surface area contributed by atoms with E-state index < -0.39 is 34.4 Å². The average Bonchev–Trinajstić information content (AvgIpc) is 3.34. The number of hydrogen-bond donors (Lipinski definition) is 3. The molecular formula is C31H46N4O7S. The van der Waals surface area contributed by atoms with Gasteiger partial charge < -0.3 is 19.9 Å². The molecule has 2 aromatic rings. The lowest BCUT2D eigenvalue weighted by Gasteiger charge is -2.37. The summed E-state index contributed by atoms with van der Waals surface area (Å²) < 4.78 is 40.3. The summed E-state index contributed by atoms with van der Waals surface area (Å²) in [5.74, 6) is -0.0556. The fraction of sp³-hybridized carbons (Fsp3) is 0.548. The molecule has 1 aliphatic heterocycles. The molecule has 3 N–H and O–H groups in total. The Bertz CT molecular complexity index is 1320. The number of likely N-dealkylation sites (N-methyl/N-ethyl adjacent to an activating group) is 1. The number of carbonyl (C=O) groups excluding carboxylic acids is 2. The van der Waals surface area contributed by atoms with Crippen LogP contribution in [-0.2, 0) is 26.0 Å². The Morgan fingerprint density at radius 3 is 2.33 bits per heavy atom. The molecule has 43 heavy (non-hydrogen) atoms. The van der Waals surface area contributed by atoms with Gasteiger partial charge in [0.05, 0.1) is 23.6 Å². The summed E-state index contributed by atoms with van der Waals surface area (Å²) in [6.07, 6.45) is -0.787. The second-order valence-electron chi connectivity index (χ2n) is 11.5. The van der Waals surface area contributed by atoms with Crippen molar-refractivity contribution < 1.29 is 32.6 Å². The van der Waals surface area contributed by atoms with Crippen molar-refractivity contribution in [1.29, 1.82) is 0 Å². The van der Waals surface area contributed by atoms with Crippen LogP contribution < -0.4 is 20.2 Å². The molecule has 2 aromatic carbocycles. The topological polar surface area (TPSA) is 138 Å². The Morgan fingerprint density at radius 2 is 1.70 bits per heavy atom. The van der Waals surface area contributed by atoms with Crippen LogP contribution in [0.2, 0.25) is 0 Å². The highest BCUT2D eigenvalue weighted by Gasteiger charge is 2.37. The maximum Gasteiger partial charge on any atom is 0.252 e. The number of aliphatic hydroxyl groups is 1. The summed E-state index contributed by atoms with van der Waals surface area (Å²) >= 11 is 0. The van der Waals surface area contributed by atoms with E-state index in [4.69, 9.17) is 9.47 Å². The highest BCUT2D eigenvalue weighted by molar-refractivity contribution is 7.89. The van der Waals surface area contributed by atoms with E-state index in [1.807, 2.05) is 58.0 Å². The molecule has 0 saturated carbocycles. The number of nitrogens with zero attached hydrogens (tertiary/aromatic N) is 2. The number of carbonyl (C=O) groups is 2. The maximum atomic E-state index is 14.0. The molecule has 0 fully saturated rings. The van der Waals surface area contributed by atoms with Gasteiger partial charge in [0.25, 0.3) is 5.91 Å². The van der Waals surface area contributed by atoms with Crippen molar-refractivity contribution in [3.8, 4) is 11.5 Å². The van der Waals surface area contributed by atoms with Crippen molar-refractivity contribution in [3.63, 3.8) is 0 Å². The molecule has 1 unspecified atom stereocenters. The summed E-state index contributed by atoms with van der Waals surface area (Å²) in [5, 5.41) is 15.8. The maximum absolute atomic E-state index is 14.0. The molecule has 2 amide bonds. The quantitative estimate of drug-likeness (QED) is 0.259. The SMILES string of the molecule is CC[C@H](C)CC(=O)N(NC(=O)CNC)[C@@H](Cc1ccccc1)[C@H](O)CN(CC(C)C)S(=O)(=O)c1ccc2c(c1)OC(C)O2. The standard InChI is InChI=1S/C31H46N4O7S/c1-7-22(4)15-31(38)35(33-30(37)18-32-6)26(16-24-11-9-8-10-12-24)27(36)20-34(19-21(2)3)43(39,40)25-13-14-28-29(17-25)42-23(5)41-28/h8-14,17,21-23,26-27,32,36H,7,15-16,18-20H2,1-6H3,(H,33,37)/t22-,23?,26-,27+/m0/s1. The minimum atomic E-state index is -4.10. The molecular weight excluding hydrogens is 572 g/mol. The molecule has 0 aromatic heterocycles. The highest BCUT2D eigenvalue weighted by Crippen LogP contribution is 2.37. The summed E-state index contributed by atoms with van der Waals surface area (Å²) in [7, 11) is -2.48. The lowest BCUT2D eigenvalue weighted by molar-refractivity contribution is -0.148. The monoisotopic (exact) mass is 618 g/mol. The third-order valence-corrected chi connectivity index (χ3v) is 9.06. The first-order chi connectivity index (χ1) is 20.3. The van der Waals surface area contributed by atoms with Crippen LogP contribution in [0.3, 0.4) is 0 Å². The van der Waals surface area contributed by atoms with Gasteiger partial charge in [0.15, 0.2) is 11.5 Å². The van der Waals surface area contributed by atoms with Gasteiger partial charge in [0.2, 0.25) is 22.2 Å². The third-order valence-electron chi connectivity index (χ3n) is 7.23. The van der Waals surface area contributed by atoms with E-state index in [1.54, 1.807) is 20.0 Å².